The smallest absolute Gasteiger partial charge is 0.657 e. The van der Waals surface area contributed by atoms with Crippen LogP contribution in [0.25, 0.3) is 90.9 Å². The summed E-state index contributed by atoms with van der Waals surface area (Å²) < 4.78 is 0. The number of benzene rings is 2. The number of pyridine rings is 2. The second kappa shape index (κ2) is 13.3. The molecule has 9 rings (SSSR count). The number of nitrogens with one attached hydrogen (secondary N) is 2. The molecule has 11 heteroatoms. The van der Waals surface area contributed by atoms with E-state index in [9.17, 15) is 20.4 Å². The van der Waals surface area contributed by atoms with Crippen molar-refractivity contribution < 1.29 is 47.5 Å². The van der Waals surface area contributed by atoms with Crippen LogP contribution >= 0.6 is 0 Å². The van der Waals surface area contributed by atoms with Crippen molar-refractivity contribution >= 4 is 46.4 Å². The maximum atomic E-state index is 11.2. The number of fused-ring (bicyclic) bond motifs is 8. The molecule has 8 bridgehead atoms. The Labute approximate surface area is 312 Å². The second-order valence-corrected chi connectivity index (χ2v) is 12.3. The third-order valence-electron chi connectivity index (χ3n) is 9.16. The molecule has 0 spiro atoms. The SMILES string of the molecule is Oc1cccc(O)c1-c1c2nc(c(-c3cc[nH+]cc3)c3ccc([n-]3)c(-c3c(O)cccc3O)c3nc(c(-c4cc[nH+]cc4)c4ccc1[n-]4)C=C3)C=C2.[Fe+2]. The Morgan fingerprint density at radius 3 is 1.02 bits per heavy atom. The van der Waals surface area contributed by atoms with Crippen molar-refractivity contribution in [2.75, 3.05) is 0 Å². The number of hydrogen-bond donors (Lipinski definition) is 4. The zero-order valence-corrected chi connectivity index (χ0v) is 28.7. The quantitative estimate of drug-likeness (QED) is 0.140. The first-order chi connectivity index (χ1) is 25.4. The number of hydrogen-bond acceptors (Lipinski definition) is 6. The van der Waals surface area contributed by atoms with Gasteiger partial charge >= 0.3 is 17.1 Å². The molecule has 7 heterocycles. The summed E-state index contributed by atoms with van der Waals surface area (Å²) in [4.78, 5) is 26.6. The monoisotopic (exact) mass is 736 g/mol. The van der Waals surface area contributed by atoms with Crippen LogP contribution in [-0.4, -0.2) is 30.4 Å². The zero-order chi connectivity index (χ0) is 35.3. The number of phenolic OH excluding ortho intramolecular Hbond substituents is 4. The largest absolute Gasteiger partial charge is 2.00 e. The van der Waals surface area contributed by atoms with E-state index >= 15 is 0 Å². The van der Waals surface area contributed by atoms with Crippen LogP contribution in [0.5, 0.6) is 23.0 Å². The maximum absolute atomic E-state index is 11.2. The summed E-state index contributed by atoms with van der Waals surface area (Å²) in [5, 5.41) is 44.6. The van der Waals surface area contributed by atoms with Crippen molar-refractivity contribution in [2.45, 2.75) is 0 Å². The molecule has 10 nitrogen and oxygen atoms in total. The van der Waals surface area contributed by atoms with Gasteiger partial charge in [-0.05, 0) is 70.8 Å². The molecule has 7 aromatic rings. The molecule has 6 N–H and O–H groups in total. The predicted octanol–water partition coefficient (Wildman–Crippen LogP) is 7.03. The van der Waals surface area contributed by atoms with E-state index in [4.69, 9.17) is 19.9 Å². The van der Waals surface area contributed by atoms with Gasteiger partial charge in [0.25, 0.3) is 0 Å². The summed E-state index contributed by atoms with van der Waals surface area (Å²) in [6.45, 7) is 0. The van der Waals surface area contributed by atoms with E-state index in [0.717, 1.165) is 11.1 Å². The number of H-pyrrole nitrogens is 2. The number of nitrogens with zero attached hydrogens (tertiary/aromatic N) is 4. The third-order valence-corrected chi connectivity index (χ3v) is 9.16. The van der Waals surface area contributed by atoms with Crippen molar-refractivity contribution in [3.63, 3.8) is 0 Å². The fourth-order valence-corrected chi connectivity index (χ4v) is 6.87. The van der Waals surface area contributed by atoms with E-state index in [1.54, 1.807) is 12.1 Å². The molecule has 0 saturated carbocycles. The first-order valence-corrected chi connectivity index (χ1v) is 16.5. The molecule has 5 aromatic heterocycles. The van der Waals surface area contributed by atoms with Crippen LogP contribution in [0.1, 0.15) is 22.8 Å². The van der Waals surface area contributed by atoms with E-state index in [0.29, 0.717) is 67.1 Å². The molecule has 2 aromatic carbocycles. The van der Waals surface area contributed by atoms with Gasteiger partial charge < -0.3 is 30.4 Å². The maximum Gasteiger partial charge on any atom is 2.00 e. The average Bonchev–Trinajstić information content (AvgIpc) is 3.99. The molecule has 0 radical (unpaired) electrons. The molecule has 0 saturated heterocycles. The second-order valence-electron chi connectivity index (χ2n) is 12.3. The van der Waals surface area contributed by atoms with E-state index in [-0.39, 0.29) is 51.2 Å². The first-order valence-electron chi connectivity index (χ1n) is 16.5. The molecule has 0 aliphatic carbocycles. The summed E-state index contributed by atoms with van der Waals surface area (Å²) in [7, 11) is 0. The molecule has 53 heavy (non-hydrogen) atoms. The first kappa shape index (κ1) is 33.2. The average molecular weight is 737 g/mol. The van der Waals surface area contributed by atoms with Gasteiger partial charge in [-0.15, -0.1) is 22.1 Å². The topological polar surface area (TPSA) is 163 Å². The third kappa shape index (κ3) is 5.70. The number of aromatic nitrogens is 6. The summed E-state index contributed by atoms with van der Waals surface area (Å²) in [5.74, 6) is -0.484. The van der Waals surface area contributed by atoms with Gasteiger partial charge in [-0.25, -0.2) is 19.9 Å². The number of phenols is 4. The van der Waals surface area contributed by atoms with Gasteiger partial charge in [-0.3, -0.25) is 0 Å². The van der Waals surface area contributed by atoms with Crippen LogP contribution in [0.3, 0.4) is 0 Å². The van der Waals surface area contributed by atoms with Crippen molar-refractivity contribution in [2.24, 2.45) is 0 Å². The molecule has 0 atom stereocenters. The minimum Gasteiger partial charge on any atom is -0.657 e. The van der Waals surface area contributed by atoms with Gasteiger partial charge in [-0.1, -0.05) is 36.4 Å². The van der Waals surface area contributed by atoms with Gasteiger partial charge in [0.2, 0.25) is 0 Å². The van der Waals surface area contributed by atoms with Crippen LogP contribution in [0.4, 0.5) is 0 Å². The standard InChI is InChI=1S/C42H26N6O4.Fe/c49-33-3-1-4-34(50)41(33)39-29-11-7-25(45-29)37(23-15-19-43-20-16-23)27-9-13-31(47-27)40(42-35(51)5-2-6-36(42)52)32-14-10-28(48-32)38(24-17-21-44-22-18-24)26-8-12-30(39)46-26;/h1-22H,(H4-2,43,44,45,46,47,48,49,50,51,52);/q-2;+2/p+2. The Bertz CT molecular complexity index is 2560. The fraction of sp³-hybridized carbons (Fsp3) is 0. The Kier molecular flexibility index (Phi) is 8.34. The normalized spacial score (nSPS) is 11.8. The van der Waals surface area contributed by atoms with Crippen LogP contribution in [0, 0.1) is 0 Å². The van der Waals surface area contributed by atoms with Gasteiger partial charge in [0.1, 0.15) is 23.0 Å². The molecule has 256 valence electrons. The van der Waals surface area contributed by atoms with Gasteiger partial charge in [0.05, 0.1) is 33.9 Å². The van der Waals surface area contributed by atoms with E-state index < -0.39 is 0 Å². The Balaban J connectivity index is 0.00000400. The van der Waals surface area contributed by atoms with Crippen LogP contribution < -0.4 is 19.9 Å². The number of rotatable bonds is 4. The van der Waals surface area contributed by atoms with Crippen LogP contribution in [0.2, 0.25) is 0 Å². The molecular weight excluding hydrogens is 708 g/mol. The molecule has 2 aliphatic rings. The Morgan fingerprint density at radius 1 is 0.377 bits per heavy atom. The minimum atomic E-state index is -0.121. The molecule has 0 amide bonds. The van der Waals surface area contributed by atoms with E-state index in [1.165, 1.54) is 24.3 Å². The minimum absolute atomic E-state index is 0. The van der Waals surface area contributed by atoms with Crippen molar-refractivity contribution in [3.8, 4) is 67.5 Å². The van der Waals surface area contributed by atoms with Gasteiger partial charge in [-0.2, -0.15) is 0 Å². The summed E-state index contributed by atoms with van der Waals surface area (Å²) in [5.41, 5.74) is 8.64. The zero-order valence-electron chi connectivity index (χ0n) is 27.6. The Hall–Kier alpha value is -6.94. The van der Waals surface area contributed by atoms with Crippen LogP contribution in [-0.2, 0) is 17.1 Å². The number of aromatic amines is 2. The van der Waals surface area contributed by atoms with E-state index in [1.807, 2.05) is 97.6 Å². The molecule has 2 aliphatic heterocycles. The van der Waals surface area contributed by atoms with Crippen molar-refractivity contribution in [1.82, 2.24) is 19.9 Å². The van der Waals surface area contributed by atoms with Gasteiger partial charge in [0.15, 0.2) is 24.8 Å². The van der Waals surface area contributed by atoms with E-state index in [2.05, 4.69) is 9.97 Å². The molecule has 0 fully saturated rings. The van der Waals surface area contributed by atoms with Crippen LogP contribution in [0.15, 0.2) is 110 Å². The Morgan fingerprint density at radius 2 is 0.679 bits per heavy atom. The number of aromatic hydroxyl groups is 4. The predicted molar refractivity (Wildman–Crippen MR) is 198 cm³/mol. The van der Waals surface area contributed by atoms with Gasteiger partial charge in [0, 0.05) is 35.4 Å². The summed E-state index contributed by atoms with van der Waals surface area (Å²) in [6.07, 6.45) is 14.7. The fourth-order valence-electron chi connectivity index (χ4n) is 6.87. The summed E-state index contributed by atoms with van der Waals surface area (Å²) in [6, 6.07) is 24.3. The molecular formula is C42H28FeN6O4+2. The molecule has 0 unspecified atom stereocenters. The summed E-state index contributed by atoms with van der Waals surface area (Å²) >= 11 is 0. The van der Waals surface area contributed by atoms with Crippen molar-refractivity contribution in [1.29, 1.82) is 0 Å². The van der Waals surface area contributed by atoms with Crippen molar-refractivity contribution in [3.05, 3.63) is 132 Å².